The molecule has 2 rings (SSSR count). The van der Waals surface area contributed by atoms with Gasteiger partial charge in [0.05, 0.1) is 16.6 Å². The Morgan fingerprint density at radius 1 is 1.14 bits per heavy atom. The number of amides is 1. The monoisotopic (exact) mass is 323 g/mol. The number of carbonyl (C=O) groups is 1. The summed E-state index contributed by atoms with van der Waals surface area (Å²) in [5.41, 5.74) is 1.34. The van der Waals surface area contributed by atoms with Crippen molar-refractivity contribution in [2.45, 2.75) is 13.0 Å². The fraction of sp³-hybridized carbons (Fsp3) is 0.188. The summed E-state index contributed by atoms with van der Waals surface area (Å²) in [6.07, 6.45) is 0. The maximum Gasteiger partial charge on any atom is 0.255 e. The van der Waals surface area contributed by atoms with Gasteiger partial charge in [0.25, 0.3) is 5.91 Å². The van der Waals surface area contributed by atoms with Gasteiger partial charge in [-0.1, -0.05) is 35.3 Å². The highest BCUT2D eigenvalue weighted by Gasteiger charge is 2.21. The van der Waals surface area contributed by atoms with Gasteiger partial charge in [-0.2, -0.15) is 0 Å². The fourth-order valence-corrected chi connectivity index (χ4v) is 2.49. The van der Waals surface area contributed by atoms with Crippen molar-refractivity contribution in [1.29, 1.82) is 0 Å². The summed E-state index contributed by atoms with van der Waals surface area (Å²) in [6.45, 7) is 1.91. The second kappa shape index (κ2) is 6.37. The van der Waals surface area contributed by atoms with Crippen LogP contribution in [0.15, 0.2) is 42.5 Å². The molecule has 0 aliphatic heterocycles. The van der Waals surface area contributed by atoms with Gasteiger partial charge in [0.1, 0.15) is 5.75 Å². The molecule has 1 atom stereocenters. The van der Waals surface area contributed by atoms with Crippen molar-refractivity contribution in [3.63, 3.8) is 0 Å². The third-order valence-electron chi connectivity index (χ3n) is 3.44. The van der Waals surface area contributed by atoms with Crippen LogP contribution in [0.25, 0.3) is 0 Å². The molecular weight excluding hydrogens is 309 g/mol. The van der Waals surface area contributed by atoms with Gasteiger partial charge in [-0.15, -0.1) is 0 Å². The van der Waals surface area contributed by atoms with Crippen LogP contribution in [0, 0.1) is 0 Å². The molecule has 1 amide bonds. The number of phenols is 1. The van der Waals surface area contributed by atoms with E-state index in [0.29, 0.717) is 15.6 Å². The summed E-state index contributed by atoms with van der Waals surface area (Å²) in [5.74, 6) is 0.0120. The van der Waals surface area contributed by atoms with E-state index in [1.807, 2.05) is 6.92 Å². The van der Waals surface area contributed by atoms with Gasteiger partial charge >= 0.3 is 0 Å². The molecule has 0 saturated carbocycles. The van der Waals surface area contributed by atoms with Gasteiger partial charge < -0.3 is 10.0 Å². The first-order valence-electron chi connectivity index (χ1n) is 6.41. The number of nitrogens with zero attached hydrogens (tertiary/aromatic N) is 1. The van der Waals surface area contributed by atoms with Crippen molar-refractivity contribution in [2.75, 3.05) is 7.05 Å². The molecule has 1 N–H and O–H groups in total. The summed E-state index contributed by atoms with van der Waals surface area (Å²) in [4.78, 5) is 14.1. The molecule has 0 spiro atoms. The molecule has 21 heavy (non-hydrogen) atoms. The van der Waals surface area contributed by atoms with E-state index in [2.05, 4.69) is 0 Å². The number of rotatable bonds is 3. The molecule has 3 nitrogen and oxygen atoms in total. The Hall–Kier alpha value is -1.71. The maximum atomic E-state index is 12.5. The number of phenolic OH excluding ortho intramolecular Hbond substituents is 1. The lowest BCUT2D eigenvalue weighted by Gasteiger charge is -2.26. The Bertz CT molecular complexity index is 656. The minimum Gasteiger partial charge on any atom is -0.508 e. The summed E-state index contributed by atoms with van der Waals surface area (Å²) < 4.78 is 0. The van der Waals surface area contributed by atoms with E-state index in [4.69, 9.17) is 23.2 Å². The first kappa shape index (κ1) is 15.7. The summed E-state index contributed by atoms with van der Waals surface area (Å²) >= 11 is 11.9. The minimum atomic E-state index is -0.183. The molecule has 0 bridgehead atoms. The second-order valence-corrected chi connectivity index (χ2v) is 5.65. The van der Waals surface area contributed by atoms with Gasteiger partial charge in [0.15, 0.2) is 0 Å². The molecule has 0 saturated heterocycles. The zero-order valence-corrected chi connectivity index (χ0v) is 13.2. The lowest BCUT2D eigenvalue weighted by molar-refractivity contribution is 0.0743. The van der Waals surface area contributed by atoms with E-state index in [9.17, 15) is 9.90 Å². The van der Waals surface area contributed by atoms with Crippen molar-refractivity contribution < 1.29 is 9.90 Å². The van der Waals surface area contributed by atoms with Gasteiger partial charge in [0.2, 0.25) is 0 Å². The van der Waals surface area contributed by atoms with E-state index >= 15 is 0 Å². The van der Waals surface area contributed by atoms with Crippen molar-refractivity contribution in [3.8, 4) is 5.75 Å². The van der Waals surface area contributed by atoms with E-state index in [-0.39, 0.29) is 17.7 Å². The predicted molar refractivity (Wildman–Crippen MR) is 85.1 cm³/mol. The number of aromatic hydroxyl groups is 1. The Morgan fingerprint density at radius 3 is 2.33 bits per heavy atom. The van der Waals surface area contributed by atoms with Crippen molar-refractivity contribution in [2.24, 2.45) is 0 Å². The summed E-state index contributed by atoms with van der Waals surface area (Å²) in [5, 5.41) is 10.1. The van der Waals surface area contributed by atoms with Crippen LogP contribution in [0.5, 0.6) is 5.75 Å². The molecular formula is C16H15Cl2NO2. The molecule has 5 heteroatoms. The van der Waals surface area contributed by atoms with E-state index in [0.717, 1.165) is 5.56 Å². The highest BCUT2D eigenvalue weighted by atomic mass is 35.5. The average molecular weight is 324 g/mol. The quantitative estimate of drug-likeness (QED) is 0.901. The fourth-order valence-electron chi connectivity index (χ4n) is 2.01. The van der Waals surface area contributed by atoms with Crippen LogP contribution in [0.3, 0.4) is 0 Å². The molecule has 2 aromatic rings. The lowest BCUT2D eigenvalue weighted by atomic mass is 10.1. The Labute approximate surface area is 133 Å². The van der Waals surface area contributed by atoms with Gasteiger partial charge in [0, 0.05) is 12.1 Å². The highest BCUT2D eigenvalue weighted by molar-refractivity contribution is 6.36. The minimum absolute atomic E-state index is 0.148. The van der Waals surface area contributed by atoms with Crippen LogP contribution in [0.4, 0.5) is 0 Å². The maximum absolute atomic E-state index is 12.5. The van der Waals surface area contributed by atoms with Crippen LogP contribution in [0.1, 0.15) is 28.9 Å². The molecule has 0 aromatic heterocycles. The zero-order valence-electron chi connectivity index (χ0n) is 11.7. The third kappa shape index (κ3) is 3.49. The van der Waals surface area contributed by atoms with Crippen LogP contribution in [-0.2, 0) is 0 Å². The number of hydrogen-bond acceptors (Lipinski definition) is 2. The topological polar surface area (TPSA) is 40.5 Å². The first-order valence-corrected chi connectivity index (χ1v) is 7.17. The largest absolute Gasteiger partial charge is 0.508 e. The lowest BCUT2D eigenvalue weighted by Crippen LogP contribution is -2.29. The van der Waals surface area contributed by atoms with Gasteiger partial charge in [-0.05, 0) is 42.8 Å². The average Bonchev–Trinajstić information content (AvgIpc) is 2.46. The molecule has 0 aliphatic carbocycles. The summed E-state index contributed by atoms with van der Waals surface area (Å²) in [6, 6.07) is 11.4. The zero-order chi connectivity index (χ0) is 15.6. The molecule has 1 unspecified atom stereocenters. The number of benzene rings is 2. The SMILES string of the molecule is CC(c1ccc(O)cc1)N(C)C(=O)c1ccc(Cl)cc1Cl. The number of halogens is 2. The number of hydrogen-bond donors (Lipinski definition) is 1. The third-order valence-corrected chi connectivity index (χ3v) is 3.99. The van der Waals surface area contributed by atoms with Crippen LogP contribution in [-0.4, -0.2) is 23.0 Å². The Balaban J connectivity index is 2.24. The van der Waals surface area contributed by atoms with E-state index in [1.165, 1.54) is 0 Å². The van der Waals surface area contributed by atoms with Crippen LogP contribution < -0.4 is 0 Å². The van der Waals surface area contributed by atoms with Gasteiger partial charge in [-0.3, -0.25) is 4.79 Å². The van der Waals surface area contributed by atoms with Crippen molar-refractivity contribution in [1.82, 2.24) is 4.90 Å². The molecule has 0 heterocycles. The number of carbonyl (C=O) groups excluding carboxylic acids is 1. The highest BCUT2D eigenvalue weighted by Crippen LogP contribution is 2.26. The smallest absolute Gasteiger partial charge is 0.255 e. The molecule has 0 aliphatic rings. The molecule has 0 fully saturated rings. The first-order chi connectivity index (χ1) is 9.90. The van der Waals surface area contributed by atoms with Gasteiger partial charge in [-0.25, -0.2) is 0 Å². The summed E-state index contributed by atoms with van der Waals surface area (Å²) in [7, 11) is 1.71. The van der Waals surface area contributed by atoms with E-state index < -0.39 is 0 Å². The van der Waals surface area contributed by atoms with Crippen LogP contribution >= 0.6 is 23.2 Å². The Kier molecular flexibility index (Phi) is 4.76. The molecule has 2 aromatic carbocycles. The standard InChI is InChI=1S/C16H15Cl2NO2/c1-10(11-3-6-13(20)7-4-11)19(2)16(21)14-8-5-12(17)9-15(14)18/h3-10,20H,1-2H3. The molecule has 0 radical (unpaired) electrons. The van der Waals surface area contributed by atoms with Crippen molar-refractivity contribution >= 4 is 29.1 Å². The Morgan fingerprint density at radius 2 is 1.76 bits per heavy atom. The molecule has 110 valence electrons. The predicted octanol–water partition coefficient (Wildman–Crippen LogP) is 4.53. The van der Waals surface area contributed by atoms with Crippen molar-refractivity contribution in [3.05, 3.63) is 63.6 Å². The normalized spacial score (nSPS) is 12.0. The van der Waals surface area contributed by atoms with Crippen LogP contribution in [0.2, 0.25) is 10.0 Å². The van der Waals surface area contributed by atoms with E-state index in [1.54, 1.807) is 54.4 Å². The second-order valence-electron chi connectivity index (χ2n) is 4.81.